The summed E-state index contributed by atoms with van der Waals surface area (Å²) in [7, 11) is 1.82. The van der Waals surface area contributed by atoms with Crippen molar-refractivity contribution in [3.63, 3.8) is 0 Å². The van der Waals surface area contributed by atoms with E-state index in [4.69, 9.17) is 0 Å². The number of carbonyl (C=O) groups is 1. The topological polar surface area (TPSA) is 60.0 Å². The zero-order chi connectivity index (χ0) is 20.6. The molecule has 6 nitrogen and oxygen atoms in total. The second-order valence-corrected chi connectivity index (χ2v) is 8.64. The average molecular weight is 400 g/mol. The number of para-hydroxylation sites is 1. The van der Waals surface area contributed by atoms with Gasteiger partial charge >= 0.3 is 0 Å². The number of anilines is 1. The number of guanidine groups is 1. The van der Waals surface area contributed by atoms with E-state index >= 15 is 0 Å². The van der Waals surface area contributed by atoms with Crippen LogP contribution in [0.25, 0.3) is 0 Å². The lowest BCUT2D eigenvalue weighted by atomic mass is 10.0. The molecule has 2 aliphatic heterocycles. The molecule has 1 saturated heterocycles. The maximum absolute atomic E-state index is 12.6. The molecule has 160 valence electrons. The first-order chi connectivity index (χ1) is 14.1. The SMILES string of the molecule is CN=C(NCCCC(=O)N1CCc2ccccc21)NC1CCN(CC(C)C)CC1. The fourth-order valence-corrected chi connectivity index (χ4v) is 4.34. The quantitative estimate of drug-likeness (QED) is 0.420. The van der Waals surface area contributed by atoms with Gasteiger partial charge in [-0.05, 0) is 43.2 Å². The van der Waals surface area contributed by atoms with Crippen molar-refractivity contribution in [2.24, 2.45) is 10.9 Å². The van der Waals surface area contributed by atoms with Crippen LogP contribution < -0.4 is 15.5 Å². The lowest BCUT2D eigenvalue weighted by molar-refractivity contribution is -0.118. The first-order valence-electron chi connectivity index (χ1n) is 11.1. The zero-order valence-electron chi connectivity index (χ0n) is 18.3. The van der Waals surface area contributed by atoms with Crippen LogP contribution in [0.1, 0.15) is 45.1 Å². The monoisotopic (exact) mass is 399 g/mol. The van der Waals surface area contributed by atoms with Crippen molar-refractivity contribution >= 4 is 17.6 Å². The predicted molar refractivity (Wildman–Crippen MR) is 121 cm³/mol. The van der Waals surface area contributed by atoms with Crippen LogP contribution >= 0.6 is 0 Å². The molecule has 0 bridgehead atoms. The van der Waals surface area contributed by atoms with Crippen molar-refractivity contribution < 1.29 is 4.79 Å². The maximum Gasteiger partial charge on any atom is 0.227 e. The third kappa shape index (κ3) is 6.20. The van der Waals surface area contributed by atoms with Gasteiger partial charge < -0.3 is 20.4 Å². The summed E-state index contributed by atoms with van der Waals surface area (Å²) in [5.74, 6) is 1.80. The van der Waals surface area contributed by atoms with Gasteiger partial charge in [0.1, 0.15) is 0 Å². The molecule has 0 aliphatic carbocycles. The van der Waals surface area contributed by atoms with Crippen LogP contribution in [0, 0.1) is 5.92 Å². The van der Waals surface area contributed by atoms with Crippen LogP contribution in [0.4, 0.5) is 5.69 Å². The molecule has 2 aliphatic rings. The predicted octanol–water partition coefficient (Wildman–Crippen LogP) is 2.64. The van der Waals surface area contributed by atoms with Crippen molar-refractivity contribution in [2.45, 2.75) is 52.0 Å². The van der Waals surface area contributed by atoms with Crippen molar-refractivity contribution in [1.82, 2.24) is 15.5 Å². The van der Waals surface area contributed by atoms with Gasteiger partial charge in [0.25, 0.3) is 0 Å². The maximum atomic E-state index is 12.6. The molecular formula is C23H37N5O. The standard InChI is InChI=1S/C23H37N5O/c1-18(2)17-27-14-11-20(12-15-27)26-23(24-3)25-13-6-9-22(29)28-16-10-19-7-4-5-8-21(19)28/h4-5,7-8,18,20H,6,9-17H2,1-3H3,(H2,24,25,26). The largest absolute Gasteiger partial charge is 0.356 e. The van der Waals surface area contributed by atoms with Gasteiger partial charge in [-0.3, -0.25) is 9.79 Å². The Morgan fingerprint density at radius 1 is 1.21 bits per heavy atom. The van der Waals surface area contributed by atoms with Gasteiger partial charge in [0, 0.05) is 57.9 Å². The average Bonchev–Trinajstić information content (AvgIpc) is 3.15. The Labute approximate surface area is 175 Å². The minimum absolute atomic E-state index is 0.220. The van der Waals surface area contributed by atoms with Crippen LogP contribution in [0.15, 0.2) is 29.3 Å². The Balaban J connectivity index is 1.34. The number of likely N-dealkylation sites (tertiary alicyclic amines) is 1. The smallest absolute Gasteiger partial charge is 0.227 e. The highest BCUT2D eigenvalue weighted by Gasteiger charge is 2.23. The Bertz CT molecular complexity index is 694. The molecule has 0 radical (unpaired) electrons. The number of fused-ring (bicyclic) bond motifs is 1. The van der Waals surface area contributed by atoms with Gasteiger partial charge in [-0.1, -0.05) is 32.0 Å². The van der Waals surface area contributed by atoms with Crippen LogP contribution in [0.2, 0.25) is 0 Å². The van der Waals surface area contributed by atoms with Crippen molar-refractivity contribution in [2.75, 3.05) is 44.7 Å². The number of nitrogens with one attached hydrogen (secondary N) is 2. The number of piperidine rings is 1. The normalized spacial score (nSPS) is 18.2. The highest BCUT2D eigenvalue weighted by molar-refractivity contribution is 5.95. The molecule has 0 saturated carbocycles. The Hall–Kier alpha value is -2.08. The van der Waals surface area contributed by atoms with Gasteiger partial charge in [-0.2, -0.15) is 0 Å². The number of nitrogens with zero attached hydrogens (tertiary/aromatic N) is 3. The number of benzene rings is 1. The van der Waals surface area contributed by atoms with Crippen LogP contribution in [-0.2, 0) is 11.2 Å². The number of hydrogen-bond acceptors (Lipinski definition) is 3. The lowest BCUT2D eigenvalue weighted by Crippen LogP contribution is -2.49. The van der Waals surface area contributed by atoms with Crippen LogP contribution in [0.3, 0.4) is 0 Å². The highest BCUT2D eigenvalue weighted by Crippen LogP contribution is 2.27. The second kappa shape index (κ2) is 10.6. The summed E-state index contributed by atoms with van der Waals surface area (Å²) in [5.41, 5.74) is 2.37. The van der Waals surface area contributed by atoms with E-state index in [9.17, 15) is 4.79 Å². The summed E-state index contributed by atoms with van der Waals surface area (Å²) in [6.07, 6.45) is 4.64. The van der Waals surface area contributed by atoms with Crippen molar-refractivity contribution in [3.8, 4) is 0 Å². The first kappa shape index (κ1) is 21.6. The van der Waals surface area contributed by atoms with Gasteiger partial charge in [-0.25, -0.2) is 0 Å². The van der Waals surface area contributed by atoms with E-state index in [1.165, 1.54) is 12.1 Å². The van der Waals surface area contributed by atoms with Crippen molar-refractivity contribution in [3.05, 3.63) is 29.8 Å². The summed E-state index contributed by atoms with van der Waals surface area (Å²) in [6.45, 7) is 9.62. The van der Waals surface area contributed by atoms with E-state index in [1.54, 1.807) is 0 Å². The van der Waals surface area contributed by atoms with Crippen LogP contribution in [-0.4, -0.2) is 62.6 Å². The number of amides is 1. The number of aliphatic imine (C=N–C) groups is 1. The van der Waals surface area contributed by atoms with E-state index in [-0.39, 0.29) is 5.91 Å². The zero-order valence-corrected chi connectivity index (χ0v) is 18.3. The fourth-order valence-electron chi connectivity index (χ4n) is 4.34. The van der Waals surface area contributed by atoms with E-state index in [0.29, 0.717) is 12.5 Å². The molecule has 1 fully saturated rings. The van der Waals surface area contributed by atoms with E-state index in [0.717, 1.165) is 69.4 Å². The molecule has 0 aromatic heterocycles. The Kier molecular flexibility index (Phi) is 7.92. The number of carbonyl (C=O) groups excluding carboxylic acids is 1. The van der Waals surface area contributed by atoms with E-state index in [1.807, 2.05) is 24.1 Å². The van der Waals surface area contributed by atoms with Crippen molar-refractivity contribution in [1.29, 1.82) is 0 Å². The lowest BCUT2D eigenvalue weighted by Gasteiger charge is -2.34. The van der Waals surface area contributed by atoms with E-state index in [2.05, 4.69) is 46.5 Å². The summed E-state index contributed by atoms with van der Waals surface area (Å²) < 4.78 is 0. The molecule has 0 spiro atoms. The third-order valence-electron chi connectivity index (χ3n) is 5.82. The molecular weight excluding hydrogens is 362 g/mol. The molecule has 1 amide bonds. The van der Waals surface area contributed by atoms with Crippen LogP contribution in [0.5, 0.6) is 0 Å². The fraction of sp³-hybridized carbons (Fsp3) is 0.652. The van der Waals surface area contributed by atoms with Gasteiger partial charge in [0.05, 0.1) is 0 Å². The summed E-state index contributed by atoms with van der Waals surface area (Å²) in [5, 5.41) is 6.93. The summed E-state index contributed by atoms with van der Waals surface area (Å²) >= 11 is 0. The first-order valence-corrected chi connectivity index (χ1v) is 11.1. The molecule has 3 rings (SSSR count). The third-order valence-corrected chi connectivity index (χ3v) is 5.82. The molecule has 0 atom stereocenters. The van der Waals surface area contributed by atoms with Gasteiger partial charge in [0.15, 0.2) is 5.96 Å². The molecule has 1 aromatic carbocycles. The minimum atomic E-state index is 0.220. The summed E-state index contributed by atoms with van der Waals surface area (Å²) in [4.78, 5) is 21.4. The molecule has 29 heavy (non-hydrogen) atoms. The Morgan fingerprint density at radius 3 is 2.69 bits per heavy atom. The number of hydrogen-bond donors (Lipinski definition) is 2. The molecule has 1 aromatic rings. The molecule has 2 heterocycles. The Morgan fingerprint density at radius 2 is 1.97 bits per heavy atom. The highest BCUT2D eigenvalue weighted by atomic mass is 16.2. The molecule has 2 N–H and O–H groups in total. The molecule has 0 unspecified atom stereocenters. The molecule has 6 heteroatoms. The van der Waals surface area contributed by atoms with E-state index < -0.39 is 0 Å². The van der Waals surface area contributed by atoms with Gasteiger partial charge in [-0.15, -0.1) is 0 Å². The minimum Gasteiger partial charge on any atom is -0.356 e. The summed E-state index contributed by atoms with van der Waals surface area (Å²) in [6, 6.07) is 8.70. The van der Waals surface area contributed by atoms with Gasteiger partial charge in [0.2, 0.25) is 5.91 Å². The second-order valence-electron chi connectivity index (χ2n) is 8.64. The number of rotatable bonds is 7.